The Bertz CT molecular complexity index is 528. The number of rotatable bonds is 4. The van der Waals surface area contributed by atoms with Gasteiger partial charge in [0.05, 0.1) is 16.8 Å². The fraction of sp³-hybridized carbons (Fsp3) is 0.500. The van der Waals surface area contributed by atoms with Crippen LogP contribution in [0, 0.1) is 6.92 Å². The molecule has 0 amide bonds. The van der Waals surface area contributed by atoms with Crippen molar-refractivity contribution in [1.29, 1.82) is 0 Å². The van der Waals surface area contributed by atoms with E-state index in [9.17, 15) is 13.6 Å². The maximum Gasteiger partial charge on any atom is 0.244 e. The molecule has 7 heteroatoms. The van der Waals surface area contributed by atoms with Crippen molar-refractivity contribution in [1.82, 2.24) is 9.37 Å². The maximum absolute atomic E-state index is 12.6. The molecule has 1 aromatic carbocycles. The zero-order valence-corrected chi connectivity index (χ0v) is 12.6. The molecule has 1 N–H and O–H groups in total. The van der Waals surface area contributed by atoms with E-state index in [-0.39, 0.29) is 6.04 Å². The SMILES string of the molecule is Cc1ccc(S(=O)(=O)N2CSC[C@H]2CN(C)O)cc1. The van der Waals surface area contributed by atoms with Crippen LogP contribution < -0.4 is 0 Å². The van der Waals surface area contributed by atoms with Crippen LogP contribution in [0.5, 0.6) is 0 Å². The second-order valence-electron chi connectivity index (χ2n) is 4.70. The molecule has 106 valence electrons. The van der Waals surface area contributed by atoms with E-state index in [1.165, 1.54) is 11.4 Å². The van der Waals surface area contributed by atoms with Gasteiger partial charge in [-0.1, -0.05) is 17.7 Å². The first-order chi connectivity index (χ1) is 8.91. The van der Waals surface area contributed by atoms with Gasteiger partial charge in [-0.25, -0.2) is 8.42 Å². The van der Waals surface area contributed by atoms with Gasteiger partial charge in [-0.05, 0) is 19.1 Å². The fourth-order valence-electron chi connectivity index (χ4n) is 2.03. The summed E-state index contributed by atoms with van der Waals surface area (Å²) in [6.45, 7) is 2.24. The van der Waals surface area contributed by atoms with Crippen LogP contribution in [-0.2, 0) is 10.0 Å². The molecule has 5 nitrogen and oxygen atoms in total. The number of likely N-dealkylation sites (N-methyl/N-ethyl adjacent to an activating group) is 1. The summed E-state index contributed by atoms with van der Waals surface area (Å²) in [6, 6.07) is 6.67. The number of hydroxylamine groups is 2. The average Bonchev–Trinajstić information content (AvgIpc) is 2.77. The van der Waals surface area contributed by atoms with Crippen LogP contribution in [0.15, 0.2) is 29.2 Å². The first-order valence-electron chi connectivity index (χ1n) is 5.97. The van der Waals surface area contributed by atoms with Crippen LogP contribution in [0.1, 0.15) is 5.56 Å². The molecular formula is C12H18N2O3S2. The van der Waals surface area contributed by atoms with E-state index < -0.39 is 10.0 Å². The molecule has 19 heavy (non-hydrogen) atoms. The highest BCUT2D eigenvalue weighted by Crippen LogP contribution is 2.28. The summed E-state index contributed by atoms with van der Waals surface area (Å²) >= 11 is 1.57. The zero-order valence-electron chi connectivity index (χ0n) is 11.0. The predicted molar refractivity (Wildman–Crippen MR) is 75.7 cm³/mol. The molecule has 1 fully saturated rings. The summed E-state index contributed by atoms with van der Waals surface area (Å²) in [6.07, 6.45) is 0. The third-order valence-corrected chi connectivity index (χ3v) is 6.20. The Kier molecular flexibility index (Phi) is 4.52. The van der Waals surface area contributed by atoms with Crippen molar-refractivity contribution in [2.45, 2.75) is 17.9 Å². The largest absolute Gasteiger partial charge is 0.314 e. The lowest BCUT2D eigenvalue weighted by Crippen LogP contribution is -2.42. The van der Waals surface area contributed by atoms with Crippen molar-refractivity contribution >= 4 is 21.8 Å². The lowest BCUT2D eigenvalue weighted by Gasteiger charge is -2.24. The Morgan fingerprint density at radius 2 is 2.05 bits per heavy atom. The second-order valence-corrected chi connectivity index (χ2v) is 7.59. The molecule has 1 saturated heterocycles. The normalized spacial score (nSPS) is 21.2. The quantitative estimate of drug-likeness (QED) is 0.852. The number of hydrogen-bond donors (Lipinski definition) is 1. The molecule has 0 aliphatic carbocycles. The van der Waals surface area contributed by atoms with Crippen LogP contribution in [0.25, 0.3) is 0 Å². The van der Waals surface area contributed by atoms with E-state index in [1.807, 2.05) is 6.92 Å². The minimum Gasteiger partial charge on any atom is -0.314 e. The van der Waals surface area contributed by atoms with Crippen molar-refractivity contribution in [3.63, 3.8) is 0 Å². The van der Waals surface area contributed by atoms with Crippen LogP contribution >= 0.6 is 11.8 Å². The van der Waals surface area contributed by atoms with Gasteiger partial charge in [-0.3, -0.25) is 0 Å². The Morgan fingerprint density at radius 1 is 1.42 bits per heavy atom. The Labute approximate surface area is 118 Å². The molecule has 0 spiro atoms. The summed E-state index contributed by atoms with van der Waals surface area (Å²) in [5.74, 6) is 1.14. The van der Waals surface area contributed by atoms with Gasteiger partial charge in [0.25, 0.3) is 0 Å². The molecule has 0 radical (unpaired) electrons. The smallest absolute Gasteiger partial charge is 0.244 e. The molecule has 0 unspecified atom stereocenters. The van der Waals surface area contributed by atoms with Gasteiger partial charge in [0.1, 0.15) is 0 Å². The van der Waals surface area contributed by atoms with Crippen molar-refractivity contribution < 1.29 is 13.6 Å². The lowest BCUT2D eigenvalue weighted by atomic mass is 10.2. The second kappa shape index (κ2) is 5.80. The molecule has 1 heterocycles. The van der Waals surface area contributed by atoms with Gasteiger partial charge in [0.15, 0.2) is 0 Å². The van der Waals surface area contributed by atoms with Gasteiger partial charge in [0.2, 0.25) is 10.0 Å². The first-order valence-corrected chi connectivity index (χ1v) is 8.57. The van der Waals surface area contributed by atoms with Crippen molar-refractivity contribution in [3.05, 3.63) is 29.8 Å². The van der Waals surface area contributed by atoms with E-state index in [0.717, 1.165) is 10.6 Å². The first kappa shape index (κ1) is 14.8. The molecule has 0 saturated carbocycles. The van der Waals surface area contributed by atoms with Crippen LogP contribution in [0.2, 0.25) is 0 Å². The minimum atomic E-state index is -3.48. The molecule has 1 aromatic rings. The van der Waals surface area contributed by atoms with Crippen LogP contribution in [0.3, 0.4) is 0 Å². The fourth-order valence-corrected chi connectivity index (χ4v) is 5.24. The number of aryl methyl sites for hydroxylation is 1. The Hall–Kier alpha value is -0.600. The molecule has 0 bridgehead atoms. The van der Waals surface area contributed by atoms with Crippen molar-refractivity contribution in [3.8, 4) is 0 Å². The van der Waals surface area contributed by atoms with Gasteiger partial charge >= 0.3 is 0 Å². The topological polar surface area (TPSA) is 60.9 Å². The molecule has 1 aliphatic heterocycles. The lowest BCUT2D eigenvalue weighted by molar-refractivity contribution is -0.0728. The molecule has 2 rings (SSSR count). The zero-order chi connectivity index (χ0) is 14.0. The van der Waals surface area contributed by atoms with E-state index in [4.69, 9.17) is 0 Å². The van der Waals surface area contributed by atoms with Crippen molar-refractivity contribution in [2.75, 3.05) is 25.2 Å². The van der Waals surface area contributed by atoms with Gasteiger partial charge < -0.3 is 5.21 Å². The van der Waals surface area contributed by atoms with Gasteiger partial charge in [-0.15, -0.1) is 11.8 Å². The maximum atomic E-state index is 12.6. The molecular weight excluding hydrogens is 284 g/mol. The number of thioether (sulfide) groups is 1. The third kappa shape index (κ3) is 3.29. The summed E-state index contributed by atoms with van der Waals surface area (Å²) in [4.78, 5) is 0.311. The monoisotopic (exact) mass is 302 g/mol. The van der Waals surface area contributed by atoms with E-state index in [2.05, 4.69) is 0 Å². The Balaban J connectivity index is 2.25. The third-order valence-electron chi connectivity index (χ3n) is 3.04. The van der Waals surface area contributed by atoms with E-state index in [0.29, 0.717) is 23.1 Å². The highest BCUT2D eigenvalue weighted by molar-refractivity contribution is 8.00. The molecule has 1 aliphatic rings. The number of sulfonamides is 1. The molecule has 1 atom stereocenters. The number of benzene rings is 1. The summed E-state index contributed by atoms with van der Waals surface area (Å²) in [5, 5.41) is 10.3. The summed E-state index contributed by atoms with van der Waals surface area (Å²) in [7, 11) is -1.95. The van der Waals surface area contributed by atoms with Gasteiger partial charge in [0, 0.05) is 19.3 Å². The average molecular weight is 302 g/mol. The van der Waals surface area contributed by atoms with Crippen LogP contribution in [0.4, 0.5) is 0 Å². The molecule has 0 aromatic heterocycles. The van der Waals surface area contributed by atoms with E-state index in [1.54, 1.807) is 36.0 Å². The predicted octanol–water partition coefficient (Wildman–Crippen LogP) is 1.38. The van der Waals surface area contributed by atoms with Crippen LogP contribution in [-0.4, -0.2) is 54.3 Å². The number of hydrogen-bond acceptors (Lipinski definition) is 5. The number of nitrogens with zero attached hydrogens (tertiary/aromatic N) is 2. The summed E-state index contributed by atoms with van der Waals surface area (Å²) in [5.41, 5.74) is 1.03. The highest BCUT2D eigenvalue weighted by atomic mass is 32.2. The Morgan fingerprint density at radius 3 is 2.63 bits per heavy atom. The standard InChI is InChI=1S/C12H18N2O3S2/c1-10-3-5-12(6-4-10)19(16,17)14-9-18-8-11(14)7-13(2)15/h3-6,11,15H,7-9H2,1-2H3/t11-/m1/s1. The minimum absolute atomic E-state index is 0.189. The van der Waals surface area contributed by atoms with Crippen molar-refractivity contribution in [2.24, 2.45) is 0 Å². The highest BCUT2D eigenvalue weighted by Gasteiger charge is 2.36. The van der Waals surface area contributed by atoms with Gasteiger partial charge in [-0.2, -0.15) is 9.37 Å². The summed E-state index contributed by atoms with van der Waals surface area (Å²) < 4.78 is 26.6. The van der Waals surface area contributed by atoms with E-state index >= 15 is 0 Å².